The van der Waals surface area contributed by atoms with Crippen LogP contribution in [-0.2, 0) is 26.2 Å². The summed E-state index contributed by atoms with van der Waals surface area (Å²) in [5.74, 6) is -0.0438. The van der Waals surface area contributed by atoms with Gasteiger partial charge in [0, 0.05) is 12.6 Å². The third-order valence-electron chi connectivity index (χ3n) is 8.33. The summed E-state index contributed by atoms with van der Waals surface area (Å²) in [6.45, 7) is 7.21. The van der Waals surface area contributed by atoms with Crippen LogP contribution in [0.15, 0.2) is 71.6 Å². The fourth-order valence-corrected chi connectivity index (χ4v) is 7.35. The number of aryl methyl sites for hydroxylation is 3. The zero-order valence-electron chi connectivity index (χ0n) is 26.5. The Morgan fingerprint density at radius 2 is 1.61 bits per heavy atom. The first-order valence-corrected chi connectivity index (χ1v) is 16.9. The van der Waals surface area contributed by atoms with E-state index in [2.05, 4.69) is 5.32 Å². The molecule has 8 nitrogen and oxygen atoms in total. The second-order valence-corrected chi connectivity index (χ2v) is 13.6. The van der Waals surface area contributed by atoms with Crippen molar-refractivity contribution in [3.63, 3.8) is 0 Å². The van der Waals surface area contributed by atoms with Gasteiger partial charge in [-0.15, -0.1) is 0 Å². The Bertz CT molecular complexity index is 1550. The summed E-state index contributed by atoms with van der Waals surface area (Å²) in [5, 5.41) is 3.19. The highest BCUT2D eigenvalue weighted by Crippen LogP contribution is 2.29. The molecule has 0 bridgehead atoms. The smallest absolute Gasteiger partial charge is 0.264 e. The van der Waals surface area contributed by atoms with Gasteiger partial charge in [-0.25, -0.2) is 8.42 Å². The van der Waals surface area contributed by atoms with Crippen LogP contribution in [0.4, 0.5) is 5.69 Å². The summed E-state index contributed by atoms with van der Waals surface area (Å²) >= 11 is 0. The van der Waals surface area contributed by atoms with Gasteiger partial charge >= 0.3 is 0 Å². The highest BCUT2D eigenvalue weighted by Gasteiger charge is 2.35. The summed E-state index contributed by atoms with van der Waals surface area (Å²) in [5.41, 5.74) is 3.84. The predicted octanol–water partition coefficient (Wildman–Crippen LogP) is 6.07. The molecule has 9 heteroatoms. The van der Waals surface area contributed by atoms with Crippen LogP contribution in [0.3, 0.4) is 0 Å². The van der Waals surface area contributed by atoms with Crippen molar-refractivity contribution >= 4 is 27.5 Å². The number of carbonyl (C=O) groups excluding carboxylic acids is 2. The van der Waals surface area contributed by atoms with E-state index in [9.17, 15) is 18.0 Å². The highest BCUT2D eigenvalue weighted by molar-refractivity contribution is 7.92. The maximum absolute atomic E-state index is 14.4. The molecule has 236 valence electrons. The molecule has 4 rings (SSSR count). The van der Waals surface area contributed by atoms with Crippen LogP contribution < -0.4 is 14.4 Å². The van der Waals surface area contributed by atoms with Gasteiger partial charge in [0.15, 0.2) is 0 Å². The highest BCUT2D eigenvalue weighted by atomic mass is 32.2. The van der Waals surface area contributed by atoms with Crippen molar-refractivity contribution in [2.75, 3.05) is 18.0 Å². The quantitative estimate of drug-likeness (QED) is 0.266. The number of anilines is 1. The number of ether oxygens (including phenoxy) is 1. The molecule has 44 heavy (non-hydrogen) atoms. The number of nitrogens with zero attached hydrogens (tertiary/aromatic N) is 2. The molecule has 1 saturated carbocycles. The Balaban J connectivity index is 1.74. The topological polar surface area (TPSA) is 96.0 Å². The molecule has 1 atom stereocenters. The molecule has 0 heterocycles. The van der Waals surface area contributed by atoms with E-state index in [1.807, 2.05) is 64.1 Å². The SMILES string of the molecule is CC[C@H](C(=O)NC1CCCCC1)N(Cc1cccc(OC)c1)C(=O)CN(c1ccc(C)cc1C)S(=O)(=O)c1ccc(C)cc1. The fraction of sp³-hybridized carbons (Fsp3) is 0.429. The van der Waals surface area contributed by atoms with Gasteiger partial charge < -0.3 is 15.0 Å². The molecule has 1 aliphatic carbocycles. The molecule has 0 spiro atoms. The summed E-state index contributed by atoms with van der Waals surface area (Å²) in [7, 11) is -2.55. The summed E-state index contributed by atoms with van der Waals surface area (Å²) in [6.07, 6.45) is 5.50. The molecule has 1 N–H and O–H groups in total. The number of amides is 2. The lowest BCUT2D eigenvalue weighted by atomic mass is 9.95. The number of nitrogens with one attached hydrogen (secondary N) is 1. The largest absolute Gasteiger partial charge is 0.497 e. The summed E-state index contributed by atoms with van der Waals surface area (Å²) < 4.78 is 34.9. The van der Waals surface area contributed by atoms with E-state index in [1.165, 1.54) is 9.21 Å². The third kappa shape index (κ3) is 8.00. The minimum absolute atomic E-state index is 0.0766. The second-order valence-electron chi connectivity index (χ2n) is 11.8. The molecule has 0 saturated heterocycles. The number of sulfonamides is 1. The zero-order valence-corrected chi connectivity index (χ0v) is 27.3. The first-order valence-electron chi connectivity index (χ1n) is 15.4. The molecule has 0 aromatic heterocycles. The van der Waals surface area contributed by atoms with Crippen LogP contribution in [0.2, 0.25) is 0 Å². The van der Waals surface area contributed by atoms with E-state index in [4.69, 9.17) is 4.74 Å². The second kappa shape index (κ2) is 14.8. The van der Waals surface area contributed by atoms with E-state index < -0.39 is 28.5 Å². The molecule has 1 fully saturated rings. The number of hydrogen-bond donors (Lipinski definition) is 1. The minimum atomic E-state index is -4.13. The van der Waals surface area contributed by atoms with Crippen molar-refractivity contribution in [2.24, 2.45) is 0 Å². The molecule has 0 unspecified atom stereocenters. The van der Waals surface area contributed by atoms with Gasteiger partial charge in [0.1, 0.15) is 18.3 Å². The first-order chi connectivity index (χ1) is 21.0. The van der Waals surface area contributed by atoms with Gasteiger partial charge in [0.05, 0.1) is 17.7 Å². The normalized spacial score (nSPS) is 14.5. The number of hydrogen-bond acceptors (Lipinski definition) is 5. The maximum Gasteiger partial charge on any atom is 0.264 e. The van der Waals surface area contributed by atoms with Crippen LogP contribution in [0.1, 0.15) is 67.7 Å². The molecule has 0 aliphatic heterocycles. The van der Waals surface area contributed by atoms with Gasteiger partial charge in [-0.3, -0.25) is 13.9 Å². The number of benzene rings is 3. The van der Waals surface area contributed by atoms with Crippen LogP contribution in [-0.4, -0.2) is 50.9 Å². The van der Waals surface area contributed by atoms with E-state index in [-0.39, 0.29) is 23.4 Å². The average molecular weight is 620 g/mol. The van der Waals surface area contributed by atoms with Crippen molar-refractivity contribution in [2.45, 2.75) is 89.7 Å². The van der Waals surface area contributed by atoms with Crippen LogP contribution in [0.5, 0.6) is 5.75 Å². The molecule has 1 aliphatic rings. The number of methoxy groups -OCH3 is 1. The van der Waals surface area contributed by atoms with Crippen molar-refractivity contribution in [1.29, 1.82) is 0 Å². The summed E-state index contributed by atoms with van der Waals surface area (Å²) in [4.78, 5) is 29.8. The average Bonchev–Trinajstić information content (AvgIpc) is 3.00. The Labute approximate surface area is 262 Å². The monoisotopic (exact) mass is 619 g/mol. The molecule has 0 radical (unpaired) electrons. The van der Waals surface area contributed by atoms with Crippen molar-refractivity contribution < 1.29 is 22.7 Å². The van der Waals surface area contributed by atoms with Crippen molar-refractivity contribution in [3.05, 3.63) is 89.0 Å². The van der Waals surface area contributed by atoms with Crippen LogP contribution in [0, 0.1) is 20.8 Å². The van der Waals surface area contributed by atoms with Crippen molar-refractivity contribution in [1.82, 2.24) is 10.2 Å². The Morgan fingerprint density at radius 3 is 2.25 bits per heavy atom. The molecular formula is C35H45N3O5S. The number of rotatable bonds is 12. The van der Waals surface area contributed by atoms with Gasteiger partial charge in [-0.1, -0.05) is 73.7 Å². The Kier molecular flexibility index (Phi) is 11.1. The lowest BCUT2D eigenvalue weighted by Gasteiger charge is -2.35. The standard InChI is InChI=1S/C35H45N3O5S/c1-6-32(35(40)36-29-12-8-7-9-13-29)37(23-28-11-10-14-30(22-28)43-5)34(39)24-38(33-20-17-26(3)21-27(33)4)44(41,42)31-18-15-25(2)16-19-31/h10-11,14-22,29,32H,6-9,12-13,23-24H2,1-5H3,(H,36,40)/t32-/m1/s1. The molecule has 2 amide bonds. The van der Waals surface area contributed by atoms with Gasteiger partial charge in [0.2, 0.25) is 11.8 Å². The van der Waals surface area contributed by atoms with Crippen LogP contribution >= 0.6 is 0 Å². The van der Waals surface area contributed by atoms with E-state index in [1.54, 1.807) is 37.4 Å². The lowest BCUT2D eigenvalue weighted by Crippen LogP contribution is -2.54. The number of carbonyl (C=O) groups is 2. The van der Waals surface area contributed by atoms with Gasteiger partial charge in [0.25, 0.3) is 10.0 Å². The minimum Gasteiger partial charge on any atom is -0.497 e. The summed E-state index contributed by atoms with van der Waals surface area (Å²) in [6, 6.07) is 18.7. The van der Waals surface area contributed by atoms with Gasteiger partial charge in [-0.2, -0.15) is 0 Å². The first kappa shape index (κ1) is 33.1. The third-order valence-corrected chi connectivity index (χ3v) is 10.1. The zero-order chi connectivity index (χ0) is 31.9. The van der Waals surface area contributed by atoms with E-state index in [0.717, 1.165) is 54.4 Å². The Hall–Kier alpha value is -3.85. The molecule has 3 aromatic carbocycles. The van der Waals surface area contributed by atoms with Gasteiger partial charge in [-0.05, 0) is 81.5 Å². The van der Waals surface area contributed by atoms with Crippen LogP contribution in [0.25, 0.3) is 0 Å². The predicted molar refractivity (Wildman–Crippen MR) is 174 cm³/mol. The Morgan fingerprint density at radius 1 is 0.932 bits per heavy atom. The van der Waals surface area contributed by atoms with E-state index >= 15 is 0 Å². The maximum atomic E-state index is 14.4. The van der Waals surface area contributed by atoms with Crippen molar-refractivity contribution in [3.8, 4) is 5.75 Å². The molecule has 3 aromatic rings. The molecular weight excluding hydrogens is 574 g/mol. The van der Waals surface area contributed by atoms with E-state index in [0.29, 0.717) is 17.9 Å². The lowest BCUT2D eigenvalue weighted by molar-refractivity contribution is -0.140. The fourth-order valence-electron chi connectivity index (χ4n) is 5.87.